The molecule has 1 N–H and O–H groups in total. The average Bonchev–Trinajstić information content (AvgIpc) is 2.52. The highest BCUT2D eigenvalue weighted by molar-refractivity contribution is 6.35. The Balaban J connectivity index is 2.44. The Morgan fingerprint density at radius 2 is 2.05 bits per heavy atom. The van der Waals surface area contributed by atoms with E-state index >= 15 is 0 Å². The molecule has 1 aromatic heterocycles. The zero-order valence-corrected chi connectivity index (χ0v) is 14.0. The largest absolute Gasteiger partial charge is 0.388 e. The van der Waals surface area contributed by atoms with Gasteiger partial charge in [-0.15, -0.1) is 6.58 Å². The van der Waals surface area contributed by atoms with Gasteiger partial charge in [0.05, 0.1) is 6.10 Å². The number of nitrogens with zero attached hydrogens (tertiary/aromatic N) is 1. The van der Waals surface area contributed by atoms with Crippen molar-refractivity contribution in [1.29, 1.82) is 0 Å². The molecule has 0 radical (unpaired) electrons. The van der Waals surface area contributed by atoms with Gasteiger partial charge in [-0.1, -0.05) is 48.3 Å². The van der Waals surface area contributed by atoms with Crippen molar-refractivity contribution in [1.82, 2.24) is 4.98 Å². The number of benzene rings is 1. The summed E-state index contributed by atoms with van der Waals surface area (Å²) in [4.78, 5) is 4.35. The number of aliphatic hydroxyl groups excluding tert-OH is 1. The number of hydrogen-bond acceptors (Lipinski definition) is 2. The first-order chi connectivity index (χ1) is 10.6. The molecule has 2 unspecified atom stereocenters. The second-order valence-corrected chi connectivity index (χ2v) is 5.98. The smallest absolute Gasteiger partial charge is 0.0879 e. The summed E-state index contributed by atoms with van der Waals surface area (Å²) in [6.07, 6.45) is 4.22. The molecule has 0 aliphatic rings. The van der Waals surface area contributed by atoms with Gasteiger partial charge in [0.1, 0.15) is 0 Å². The Morgan fingerprint density at radius 3 is 2.68 bits per heavy atom. The van der Waals surface area contributed by atoms with E-state index in [-0.39, 0.29) is 5.92 Å². The van der Waals surface area contributed by atoms with Crippen LogP contribution in [0, 0.1) is 0 Å². The predicted octanol–water partition coefficient (Wildman–Crippen LogP) is 5.34. The summed E-state index contributed by atoms with van der Waals surface area (Å²) in [5.74, 6) is -0.184. The molecule has 22 heavy (non-hydrogen) atoms. The van der Waals surface area contributed by atoms with Gasteiger partial charge in [-0.05, 0) is 36.6 Å². The number of aromatic nitrogens is 1. The number of rotatable bonds is 6. The predicted molar refractivity (Wildman–Crippen MR) is 92.6 cm³/mol. The SMILES string of the molecule is C=CCC(c1ccc(Cl)cc1Cl)C(O)c1cccnc1CC. The Hall–Kier alpha value is -1.35. The van der Waals surface area contributed by atoms with Gasteiger partial charge in [-0.25, -0.2) is 0 Å². The van der Waals surface area contributed by atoms with Crippen LogP contribution in [0.25, 0.3) is 0 Å². The fourth-order valence-corrected chi connectivity index (χ4v) is 3.19. The van der Waals surface area contributed by atoms with Crippen molar-refractivity contribution in [3.05, 3.63) is 76.0 Å². The highest BCUT2D eigenvalue weighted by atomic mass is 35.5. The molecule has 0 aliphatic heterocycles. The first kappa shape index (κ1) is 17.0. The lowest BCUT2D eigenvalue weighted by molar-refractivity contribution is 0.144. The Kier molecular flexibility index (Phi) is 6.01. The fourth-order valence-electron chi connectivity index (χ4n) is 2.64. The van der Waals surface area contributed by atoms with Gasteiger partial charge in [-0.2, -0.15) is 0 Å². The van der Waals surface area contributed by atoms with Crippen LogP contribution in [0.1, 0.15) is 42.2 Å². The summed E-state index contributed by atoms with van der Waals surface area (Å²) in [5.41, 5.74) is 2.60. The van der Waals surface area contributed by atoms with E-state index in [4.69, 9.17) is 23.2 Å². The van der Waals surface area contributed by atoms with Crippen LogP contribution >= 0.6 is 23.2 Å². The number of allylic oxidation sites excluding steroid dienone is 1. The monoisotopic (exact) mass is 335 g/mol. The number of pyridine rings is 1. The molecule has 0 bridgehead atoms. The molecule has 0 aliphatic carbocycles. The van der Waals surface area contributed by atoms with Crippen molar-refractivity contribution in [2.24, 2.45) is 0 Å². The van der Waals surface area contributed by atoms with Crippen LogP contribution in [0.5, 0.6) is 0 Å². The van der Waals surface area contributed by atoms with Crippen LogP contribution in [-0.2, 0) is 6.42 Å². The van der Waals surface area contributed by atoms with E-state index in [0.29, 0.717) is 16.5 Å². The Bertz CT molecular complexity index is 657. The molecular weight excluding hydrogens is 317 g/mol. The maximum Gasteiger partial charge on any atom is 0.0879 e. The highest BCUT2D eigenvalue weighted by Gasteiger charge is 2.25. The third-order valence-electron chi connectivity index (χ3n) is 3.74. The van der Waals surface area contributed by atoms with Gasteiger partial charge in [0.15, 0.2) is 0 Å². The van der Waals surface area contributed by atoms with Crippen LogP contribution in [-0.4, -0.2) is 10.1 Å². The minimum Gasteiger partial charge on any atom is -0.388 e. The number of halogens is 2. The van der Waals surface area contributed by atoms with Crippen LogP contribution in [0.4, 0.5) is 0 Å². The molecule has 0 fully saturated rings. The standard InChI is InChI=1S/C18H19Cl2NO/c1-3-6-14(13-9-8-12(19)11-16(13)20)18(22)15-7-5-10-21-17(15)4-2/h3,5,7-11,14,18,22H,1,4,6H2,2H3. The Morgan fingerprint density at radius 1 is 1.27 bits per heavy atom. The topological polar surface area (TPSA) is 33.1 Å². The molecule has 2 atom stereocenters. The minimum absolute atomic E-state index is 0.184. The molecule has 2 nitrogen and oxygen atoms in total. The lowest BCUT2D eigenvalue weighted by Crippen LogP contribution is -2.13. The first-order valence-corrected chi connectivity index (χ1v) is 8.01. The zero-order chi connectivity index (χ0) is 16.1. The number of aliphatic hydroxyl groups is 1. The molecule has 116 valence electrons. The quantitative estimate of drug-likeness (QED) is 0.722. The number of aryl methyl sites for hydroxylation is 1. The average molecular weight is 336 g/mol. The van der Waals surface area contributed by atoms with E-state index in [9.17, 15) is 5.11 Å². The van der Waals surface area contributed by atoms with E-state index in [1.807, 2.05) is 25.1 Å². The molecule has 1 heterocycles. The fraction of sp³-hybridized carbons (Fsp3) is 0.278. The van der Waals surface area contributed by atoms with Gasteiger partial charge < -0.3 is 5.11 Å². The van der Waals surface area contributed by atoms with Crippen molar-refractivity contribution < 1.29 is 5.11 Å². The molecular formula is C18H19Cl2NO. The second-order valence-electron chi connectivity index (χ2n) is 5.13. The highest BCUT2D eigenvalue weighted by Crippen LogP contribution is 2.39. The summed E-state index contributed by atoms with van der Waals surface area (Å²) < 4.78 is 0. The van der Waals surface area contributed by atoms with Crippen molar-refractivity contribution in [2.75, 3.05) is 0 Å². The van der Waals surface area contributed by atoms with E-state index < -0.39 is 6.10 Å². The molecule has 2 rings (SSSR count). The molecule has 1 aromatic carbocycles. The summed E-state index contributed by atoms with van der Waals surface area (Å²) in [6.45, 7) is 5.82. The summed E-state index contributed by atoms with van der Waals surface area (Å²) >= 11 is 12.3. The van der Waals surface area contributed by atoms with Crippen molar-refractivity contribution in [3.63, 3.8) is 0 Å². The third kappa shape index (κ3) is 3.70. The summed E-state index contributed by atoms with van der Waals surface area (Å²) in [5, 5.41) is 12.0. The molecule has 0 saturated heterocycles. The molecule has 0 saturated carbocycles. The van der Waals surface area contributed by atoms with E-state index in [1.165, 1.54) is 0 Å². The van der Waals surface area contributed by atoms with E-state index in [0.717, 1.165) is 23.2 Å². The number of hydrogen-bond donors (Lipinski definition) is 1. The lowest BCUT2D eigenvalue weighted by Gasteiger charge is -2.25. The summed E-state index contributed by atoms with van der Waals surface area (Å²) in [6, 6.07) is 9.10. The molecule has 2 aromatic rings. The van der Waals surface area contributed by atoms with E-state index in [2.05, 4.69) is 11.6 Å². The van der Waals surface area contributed by atoms with Crippen LogP contribution in [0.15, 0.2) is 49.2 Å². The minimum atomic E-state index is -0.694. The van der Waals surface area contributed by atoms with Crippen LogP contribution in [0.3, 0.4) is 0 Å². The molecule has 4 heteroatoms. The normalized spacial score (nSPS) is 13.6. The molecule has 0 amide bonds. The van der Waals surface area contributed by atoms with Gasteiger partial charge in [-0.3, -0.25) is 4.98 Å². The van der Waals surface area contributed by atoms with Crippen LogP contribution < -0.4 is 0 Å². The lowest BCUT2D eigenvalue weighted by atomic mass is 9.85. The van der Waals surface area contributed by atoms with Gasteiger partial charge in [0.2, 0.25) is 0 Å². The molecule has 0 spiro atoms. The van der Waals surface area contributed by atoms with E-state index in [1.54, 1.807) is 24.4 Å². The zero-order valence-electron chi connectivity index (χ0n) is 12.5. The van der Waals surface area contributed by atoms with Crippen molar-refractivity contribution in [3.8, 4) is 0 Å². The first-order valence-electron chi connectivity index (χ1n) is 7.26. The maximum absolute atomic E-state index is 10.9. The van der Waals surface area contributed by atoms with Gasteiger partial charge in [0, 0.05) is 33.4 Å². The van der Waals surface area contributed by atoms with Gasteiger partial charge >= 0.3 is 0 Å². The Labute approximate surface area is 141 Å². The summed E-state index contributed by atoms with van der Waals surface area (Å²) in [7, 11) is 0. The third-order valence-corrected chi connectivity index (χ3v) is 4.31. The second kappa shape index (κ2) is 7.77. The van der Waals surface area contributed by atoms with Crippen LogP contribution in [0.2, 0.25) is 10.0 Å². The van der Waals surface area contributed by atoms with Crippen molar-refractivity contribution >= 4 is 23.2 Å². The van der Waals surface area contributed by atoms with Crippen molar-refractivity contribution in [2.45, 2.75) is 31.8 Å². The maximum atomic E-state index is 10.9. The van der Waals surface area contributed by atoms with Gasteiger partial charge in [0.25, 0.3) is 0 Å².